The molecular weight excluding hydrogens is 248 g/mol. The van der Waals surface area contributed by atoms with Crippen molar-refractivity contribution >= 4 is 0 Å². The van der Waals surface area contributed by atoms with Gasteiger partial charge in [0.1, 0.15) is 0 Å². The second kappa shape index (κ2) is 6.70. The number of methoxy groups -OCH3 is 1. The van der Waals surface area contributed by atoms with E-state index in [0.717, 1.165) is 19.0 Å². The average molecular weight is 274 g/mol. The highest BCUT2D eigenvalue weighted by Crippen LogP contribution is 2.27. The summed E-state index contributed by atoms with van der Waals surface area (Å²) in [7, 11) is 1.87. The van der Waals surface area contributed by atoms with Gasteiger partial charge in [0.05, 0.1) is 6.10 Å². The van der Waals surface area contributed by atoms with Gasteiger partial charge < -0.3 is 10.1 Å². The fraction of sp³-hybridized carbons (Fsp3) is 0.647. The predicted octanol–water partition coefficient (Wildman–Crippen LogP) is 1.93. The molecule has 2 saturated heterocycles. The van der Waals surface area contributed by atoms with Crippen molar-refractivity contribution in [2.24, 2.45) is 5.92 Å². The monoisotopic (exact) mass is 274 g/mol. The van der Waals surface area contributed by atoms with E-state index in [2.05, 4.69) is 40.5 Å². The van der Waals surface area contributed by atoms with E-state index in [0.29, 0.717) is 12.0 Å². The number of ether oxygens (including phenoxy) is 1. The first kappa shape index (κ1) is 14.1. The van der Waals surface area contributed by atoms with Crippen LogP contribution in [-0.2, 0) is 11.2 Å². The first-order valence-corrected chi connectivity index (χ1v) is 7.88. The maximum atomic E-state index is 5.76. The molecule has 2 heterocycles. The van der Waals surface area contributed by atoms with E-state index in [1.165, 1.54) is 38.0 Å². The molecule has 0 spiro atoms. The Morgan fingerprint density at radius 1 is 1.15 bits per heavy atom. The molecule has 110 valence electrons. The molecule has 0 radical (unpaired) electrons. The van der Waals surface area contributed by atoms with E-state index < -0.39 is 0 Å². The van der Waals surface area contributed by atoms with Crippen LogP contribution in [0.25, 0.3) is 0 Å². The lowest BCUT2D eigenvalue weighted by Gasteiger charge is -2.31. The Labute approximate surface area is 122 Å². The fourth-order valence-corrected chi connectivity index (χ4v) is 3.72. The molecule has 0 bridgehead atoms. The minimum absolute atomic E-state index is 0.394. The van der Waals surface area contributed by atoms with Crippen molar-refractivity contribution in [2.75, 3.05) is 33.3 Å². The van der Waals surface area contributed by atoms with E-state index in [4.69, 9.17) is 4.74 Å². The van der Waals surface area contributed by atoms with E-state index >= 15 is 0 Å². The highest BCUT2D eigenvalue weighted by molar-refractivity contribution is 5.16. The van der Waals surface area contributed by atoms with Crippen molar-refractivity contribution in [1.82, 2.24) is 10.2 Å². The topological polar surface area (TPSA) is 24.5 Å². The molecule has 1 N–H and O–H groups in total. The second-order valence-electron chi connectivity index (χ2n) is 6.16. The van der Waals surface area contributed by atoms with Crippen molar-refractivity contribution in [3.8, 4) is 0 Å². The largest absolute Gasteiger partial charge is 0.380 e. The van der Waals surface area contributed by atoms with Crippen LogP contribution >= 0.6 is 0 Å². The van der Waals surface area contributed by atoms with Gasteiger partial charge in [0.15, 0.2) is 0 Å². The van der Waals surface area contributed by atoms with Gasteiger partial charge in [0.25, 0.3) is 0 Å². The molecule has 0 aliphatic carbocycles. The summed E-state index contributed by atoms with van der Waals surface area (Å²) in [6.45, 7) is 4.64. The van der Waals surface area contributed by atoms with Crippen molar-refractivity contribution in [3.63, 3.8) is 0 Å². The SMILES string of the molecule is CO[C@@H]1CN(C2CCNCC2)CC1Cc1ccccc1. The molecule has 2 aliphatic rings. The van der Waals surface area contributed by atoms with Crippen LogP contribution in [0.4, 0.5) is 0 Å². The summed E-state index contributed by atoms with van der Waals surface area (Å²) < 4.78 is 5.76. The number of hydrogen-bond donors (Lipinski definition) is 1. The average Bonchev–Trinajstić information content (AvgIpc) is 2.92. The quantitative estimate of drug-likeness (QED) is 0.908. The molecule has 3 rings (SSSR count). The summed E-state index contributed by atoms with van der Waals surface area (Å²) in [5.41, 5.74) is 1.44. The van der Waals surface area contributed by atoms with Crippen LogP contribution in [-0.4, -0.2) is 50.3 Å². The number of likely N-dealkylation sites (tertiary alicyclic amines) is 1. The summed E-state index contributed by atoms with van der Waals surface area (Å²) in [6, 6.07) is 11.6. The number of nitrogens with one attached hydrogen (secondary N) is 1. The summed E-state index contributed by atoms with van der Waals surface area (Å²) in [5.74, 6) is 0.636. The fourth-order valence-electron chi connectivity index (χ4n) is 3.72. The molecule has 3 nitrogen and oxygen atoms in total. The summed E-state index contributed by atoms with van der Waals surface area (Å²) >= 11 is 0. The van der Waals surface area contributed by atoms with Crippen LogP contribution in [0, 0.1) is 5.92 Å². The van der Waals surface area contributed by atoms with E-state index in [-0.39, 0.29) is 0 Å². The number of benzene rings is 1. The summed E-state index contributed by atoms with van der Waals surface area (Å²) in [5, 5.41) is 3.46. The molecule has 1 aromatic rings. The minimum atomic E-state index is 0.394. The van der Waals surface area contributed by atoms with Gasteiger partial charge in [0, 0.05) is 32.2 Å². The Morgan fingerprint density at radius 3 is 2.60 bits per heavy atom. The maximum absolute atomic E-state index is 5.76. The van der Waals surface area contributed by atoms with Crippen LogP contribution in [0.15, 0.2) is 30.3 Å². The van der Waals surface area contributed by atoms with Crippen LogP contribution in [0.3, 0.4) is 0 Å². The molecule has 1 aromatic carbocycles. The van der Waals surface area contributed by atoms with Gasteiger partial charge >= 0.3 is 0 Å². The molecule has 1 unspecified atom stereocenters. The molecule has 2 aliphatic heterocycles. The Bertz CT molecular complexity index is 403. The van der Waals surface area contributed by atoms with Gasteiger partial charge in [-0.3, -0.25) is 4.90 Å². The second-order valence-corrected chi connectivity index (χ2v) is 6.16. The zero-order chi connectivity index (χ0) is 13.8. The van der Waals surface area contributed by atoms with E-state index in [9.17, 15) is 0 Å². The molecule has 0 saturated carbocycles. The molecular formula is C17H26N2O. The van der Waals surface area contributed by atoms with E-state index in [1.807, 2.05) is 7.11 Å². The lowest BCUT2D eigenvalue weighted by molar-refractivity contribution is 0.0742. The van der Waals surface area contributed by atoms with Gasteiger partial charge in [-0.25, -0.2) is 0 Å². The highest BCUT2D eigenvalue weighted by atomic mass is 16.5. The molecule has 0 amide bonds. The minimum Gasteiger partial charge on any atom is -0.380 e. The zero-order valence-electron chi connectivity index (χ0n) is 12.4. The highest BCUT2D eigenvalue weighted by Gasteiger charge is 2.36. The first-order chi connectivity index (χ1) is 9.86. The summed E-state index contributed by atoms with van der Waals surface area (Å²) in [4.78, 5) is 2.67. The number of hydrogen-bond acceptors (Lipinski definition) is 3. The third kappa shape index (κ3) is 3.22. The number of piperidine rings is 1. The van der Waals surface area contributed by atoms with Gasteiger partial charge in [0.2, 0.25) is 0 Å². The van der Waals surface area contributed by atoms with Gasteiger partial charge in [-0.15, -0.1) is 0 Å². The lowest BCUT2D eigenvalue weighted by atomic mass is 9.96. The van der Waals surface area contributed by atoms with Crippen LogP contribution in [0.1, 0.15) is 18.4 Å². The molecule has 3 heteroatoms. The summed E-state index contributed by atoms with van der Waals surface area (Å²) in [6.07, 6.45) is 4.11. The third-order valence-corrected chi connectivity index (χ3v) is 4.88. The maximum Gasteiger partial charge on any atom is 0.0741 e. The zero-order valence-corrected chi connectivity index (χ0v) is 12.4. The molecule has 20 heavy (non-hydrogen) atoms. The van der Waals surface area contributed by atoms with Crippen molar-refractivity contribution in [3.05, 3.63) is 35.9 Å². The van der Waals surface area contributed by atoms with Gasteiger partial charge in [-0.2, -0.15) is 0 Å². The number of nitrogens with zero attached hydrogens (tertiary/aromatic N) is 1. The smallest absolute Gasteiger partial charge is 0.0741 e. The molecule has 2 fully saturated rings. The van der Waals surface area contributed by atoms with Gasteiger partial charge in [-0.05, 0) is 37.9 Å². The van der Waals surface area contributed by atoms with E-state index in [1.54, 1.807) is 0 Å². The Morgan fingerprint density at radius 2 is 1.90 bits per heavy atom. The van der Waals surface area contributed by atoms with Gasteiger partial charge in [-0.1, -0.05) is 30.3 Å². The number of rotatable bonds is 4. The Kier molecular flexibility index (Phi) is 4.71. The standard InChI is InChI=1S/C17H26N2O/c1-20-17-13-19(16-7-9-18-10-8-16)12-15(17)11-14-5-3-2-4-6-14/h2-6,15-18H,7-13H2,1H3/t15?,17-/m1/s1. The Hall–Kier alpha value is -0.900. The third-order valence-electron chi connectivity index (χ3n) is 4.88. The lowest BCUT2D eigenvalue weighted by Crippen LogP contribution is -2.42. The van der Waals surface area contributed by atoms with Crippen LogP contribution < -0.4 is 5.32 Å². The van der Waals surface area contributed by atoms with Crippen molar-refractivity contribution in [2.45, 2.75) is 31.4 Å². The van der Waals surface area contributed by atoms with Crippen molar-refractivity contribution < 1.29 is 4.74 Å². The molecule has 2 atom stereocenters. The first-order valence-electron chi connectivity index (χ1n) is 7.88. The predicted molar refractivity (Wildman–Crippen MR) is 81.9 cm³/mol. The van der Waals surface area contributed by atoms with Crippen molar-refractivity contribution in [1.29, 1.82) is 0 Å². The Balaban J connectivity index is 1.62. The molecule has 0 aromatic heterocycles. The van der Waals surface area contributed by atoms with Crippen LogP contribution in [0.2, 0.25) is 0 Å². The normalized spacial score (nSPS) is 28.9. The van der Waals surface area contributed by atoms with Crippen LogP contribution in [0.5, 0.6) is 0 Å².